The van der Waals surface area contributed by atoms with Gasteiger partial charge in [0.15, 0.2) is 0 Å². The van der Waals surface area contributed by atoms with Crippen LogP contribution in [0.2, 0.25) is 0 Å². The third-order valence-corrected chi connectivity index (χ3v) is 3.90. The highest BCUT2D eigenvalue weighted by Gasteiger charge is 2.20. The molecule has 3 heteroatoms. The van der Waals surface area contributed by atoms with Gasteiger partial charge in [0.25, 0.3) is 0 Å². The Morgan fingerprint density at radius 3 is 2.00 bits per heavy atom. The Kier molecular flexibility index (Phi) is 5.22. The van der Waals surface area contributed by atoms with Crippen LogP contribution in [-0.2, 0) is 22.6 Å². The molecule has 0 bridgehead atoms. The molecule has 118 valence electrons. The summed E-state index contributed by atoms with van der Waals surface area (Å²) in [5.74, 6) is -0.236. The van der Waals surface area contributed by atoms with Gasteiger partial charge in [0.2, 0.25) is 0 Å². The van der Waals surface area contributed by atoms with Crippen LogP contribution in [0.25, 0.3) is 0 Å². The lowest BCUT2D eigenvalue weighted by atomic mass is 10.1. The lowest BCUT2D eigenvalue weighted by Crippen LogP contribution is -2.35. The second kappa shape index (κ2) is 7.75. The third-order valence-electron chi connectivity index (χ3n) is 3.90. The van der Waals surface area contributed by atoms with Crippen LogP contribution < -0.4 is 0 Å². The molecular formula is C20H21NO2. The molecule has 0 fully saturated rings. The SMILES string of the molecule is O=C1C=CCC(CN(Cc2ccccc2)Cc2ccccc2)O1. The van der Waals surface area contributed by atoms with Gasteiger partial charge in [-0.1, -0.05) is 66.7 Å². The number of cyclic esters (lactones) is 1. The topological polar surface area (TPSA) is 29.5 Å². The number of carbonyl (C=O) groups is 1. The van der Waals surface area contributed by atoms with Gasteiger partial charge in [0, 0.05) is 32.1 Å². The van der Waals surface area contributed by atoms with Gasteiger partial charge in [-0.2, -0.15) is 0 Å². The smallest absolute Gasteiger partial charge is 0.330 e. The summed E-state index contributed by atoms with van der Waals surface area (Å²) in [4.78, 5) is 13.8. The zero-order chi connectivity index (χ0) is 15.9. The molecule has 0 amide bonds. The van der Waals surface area contributed by atoms with Crippen molar-refractivity contribution in [2.45, 2.75) is 25.6 Å². The Bertz CT molecular complexity index is 610. The zero-order valence-corrected chi connectivity index (χ0v) is 13.1. The van der Waals surface area contributed by atoms with E-state index >= 15 is 0 Å². The summed E-state index contributed by atoms with van der Waals surface area (Å²) in [5, 5.41) is 0. The van der Waals surface area contributed by atoms with Crippen LogP contribution in [0.15, 0.2) is 72.8 Å². The van der Waals surface area contributed by atoms with Gasteiger partial charge in [-0.15, -0.1) is 0 Å². The Morgan fingerprint density at radius 2 is 1.48 bits per heavy atom. The molecule has 0 saturated heterocycles. The van der Waals surface area contributed by atoms with Gasteiger partial charge < -0.3 is 4.74 Å². The fourth-order valence-corrected chi connectivity index (χ4v) is 2.84. The fourth-order valence-electron chi connectivity index (χ4n) is 2.84. The normalized spacial score (nSPS) is 17.3. The summed E-state index contributed by atoms with van der Waals surface area (Å²) < 4.78 is 5.42. The first-order valence-electron chi connectivity index (χ1n) is 7.97. The van der Waals surface area contributed by atoms with Gasteiger partial charge in [-0.25, -0.2) is 4.79 Å². The predicted molar refractivity (Wildman–Crippen MR) is 90.6 cm³/mol. The largest absolute Gasteiger partial charge is 0.458 e. The molecule has 3 nitrogen and oxygen atoms in total. The maximum atomic E-state index is 11.4. The number of carbonyl (C=O) groups excluding carboxylic acids is 1. The van der Waals surface area contributed by atoms with Gasteiger partial charge in [0.1, 0.15) is 6.10 Å². The molecule has 2 aromatic carbocycles. The van der Waals surface area contributed by atoms with E-state index in [9.17, 15) is 4.79 Å². The first kappa shape index (κ1) is 15.5. The van der Waals surface area contributed by atoms with Crippen LogP contribution in [0, 0.1) is 0 Å². The van der Waals surface area contributed by atoms with Crippen molar-refractivity contribution in [3.63, 3.8) is 0 Å². The van der Waals surface area contributed by atoms with Gasteiger partial charge in [-0.05, 0) is 11.1 Å². The molecule has 0 spiro atoms. The van der Waals surface area contributed by atoms with E-state index in [4.69, 9.17) is 4.74 Å². The average Bonchev–Trinajstić information content (AvgIpc) is 2.57. The molecule has 23 heavy (non-hydrogen) atoms. The van der Waals surface area contributed by atoms with Crippen molar-refractivity contribution in [2.24, 2.45) is 0 Å². The van der Waals surface area contributed by atoms with Crippen LogP contribution in [0.4, 0.5) is 0 Å². The molecule has 0 saturated carbocycles. The summed E-state index contributed by atoms with van der Waals surface area (Å²) >= 11 is 0. The molecule has 3 rings (SSSR count). The maximum absolute atomic E-state index is 11.4. The third kappa shape index (κ3) is 4.80. The monoisotopic (exact) mass is 307 g/mol. The number of hydrogen-bond donors (Lipinski definition) is 0. The molecule has 0 radical (unpaired) electrons. The molecule has 0 aliphatic carbocycles. The summed E-state index contributed by atoms with van der Waals surface area (Å²) in [6.45, 7) is 2.42. The number of rotatable bonds is 6. The van der Waals surface area contributed by atoms with Crippen molar-refractivity contribution in [2.75, 3.05) is 6.54 Å². The van der Waals surface area contributed by atoms with E-state index in [-0.39, 0.29) is 12.1 Å². The van der Waals surface area contributed by atoms with Crippen LogP contribution in [0.1, 0.15) is 17.5 Å². The van der Waals surface area contributed by atoms with Crippen LogP contribution in [0.5, 0.6) is 0 Å². The number of nitrogens with zero attached hydrogens (tertiary/aromatic N) is 1. The van der Waals surface area contributed by atoms with Crippen LogP contribution in [-0.4, -0.2) is 23.5 Å². The van der Waals surface area contributed by atoms with E-state index in [1.807, 2.05) is 18.2 Å². The van der Waals surface area contributed by atoms with Crippen molar-refractivity contribution in [1.29, 1.82) is 0 Å². The van der Waals surface area contributed by atoms with E-state index in [1.165, 1.54) is 17.2 Å². The predicted octanol–water partition coefficient (Wildman–Crippen LogP) is 3.56. The minimum atomic E-state index is -0.236. The average molecular weight is 307 g/mol. The second-order valence-electron chi connectivity index (χ2n) is 5.84. The Balaban J connectivity index is 1.70. The number of ether oxygens (including phenoxy) is 1. The highest BCUT2D eigenvalue weighted by molar-refractivity contribution is 5.82. The molecule has 0 N–H and O–H groups in total. The maximum Gasteiger partial charge on any atom is 0.330 e. The number of hydrogen-bond acceptors (Lipinski definition) is 3. The first-order chi connectivity index (χ1) is 11.3. The van der Waals surface area contributed by atoms with E-state index in [1.54, 1.807) is 0 Å². The highest BCUT2D eigenvalue weighted by atomic mass is 16.5. The molecule has 2 aromatic rings. The fraction of sp³-hybridized carbons (Fsp3) is 0.250. The van der Waals surface area contributed by atoms with Gasteiger partial charge in [-0.3, -0.25) is 4.90 Å². The molecule has 1 aliphatic heterocycles. The molecule has 1 atom stereocenters. The molecule has 1 aliphatic rings. The van der Waals surface area contributed by atoms with Crippen LogP contribution in [0.3, 0.4) is 0 Å². The first-order valence-corrected chi connectivity index (χ1v) is 7.97. The minimum Gasteiger partial charge on any atom is -0.458 e. The van der Waals surface area contributed by atoms with Crippen LogP contribution >= 0.6 is 0 Å². The molecular weight excluding hydrogens is 286 g/mol. The summed E-state index contributed by atoms with van der Waals surface area (Å²) in [5.41, 5.74) is 2.53. The number of benzene rings is 2. The lowest BCUT2D eigenvalue weighted by Gasteiger charge is -2.28. The quantitative estimate of drug-likeness (QED) is 0.764. The molecule has 0 aromatic heterocycles. The van der Waals surface area contributed by atoms with Crippen molar-refractivity contribution >= 4 is 5.97 Å². The second-order valence-corrected chi connectivity index (χ2v) is 5.84. The Hall–Kier alpha value is -2.39. The Labute approximate surface area is 137 Å². The van der Waals surface area contributed by atoms with E-state index < -0.39 is 0 Å². The van der Waals surface area contributed by atoms with E-state index in [0.29, 0.717) is 0 Å². The van der Waals surface area contributed by atoms with Crippen molar-refractivity contribution in [3.8, 4) is 0 Å². The lowest BCUT2D eigenvalue weighted by molar-refractivity contribution is -0.145. The molecule has 1 heterocycles. The van der Waals surface area contributed by atoms with Crippen molar-refractivity contribution in [1.82, 2.24) is 4.90 Å². The number of esters is 1. The van der Waals surface area contributed by atoms with Crippen molar-refractivity contribution < 1.29 is 9.53 Å². The highest BCUT2D eigenvalue weighted by Crippen LogP contribution is 2.15. The minimum absolute atomic E-state index is 0.0695. The molecule has 1 unspecified atom stereocenters. The summed E-state index contributed by atoms with van der Waals surface area (Å²) in [6, 6.07) is 20.8. The Morgan fingerprint density at radius 1 is 0.913 bits per heavy atom. The van der Waals surface area contributed by atoms with E-state index in [0.717, 1.165) is 26.1 Å². The summed E-state index contributed by atoms with van der Waals surface area (Å²) in [6.07, 6.45) is 4.13. The van der Waals surface area contributed by atoms with E-state index in [2.05, 4.69) is 53.4 Å². The van der Waals surface area contributed by atoms with Gasteiger partial charge >= 0.3 is 5.97 Å². The van der Waals surface area contributed by atoms with Gasteiger partial charge in [0.05, 0.1) is 0 Å². The zero-order valence-electron chi connectivity index (χ0n) is 13.1. The van der Waals surface area contributed by atoms with Crippen molar-refractivity contribution in [3.05, 3.63) is 83.9 Å². The standard InChI is InChI=1S/C20H21NO2/c22-20-13-7-12-19(23-20)16-21(14-17-8-3-1-4-9-17)15-18-10-5-2-6-11-18/h1-11,13,19H,12,14-16H2. The summed E-state index contributed by atoms with van der Waals surface area (Å²) in [7, 11) is 0.